The van der Waals surface area contributed by atoms with Crippen LogP contribution in [0.3, 0.4) is 0 Å². The van der Waals surface area contributed by atoms with E-state index in [1.807, 2.05) is 6.07 Å². The molecule has 0 atom stereocenters. The lowest BCUT2D eigenvalue weighted by Gasteiger charge is -2.44. The van der Waals surface area contributed by atoms with Crippen molar-refractivity contribution in [3.05, 3.63) is 24.0 Å². The zero-order valence-corrected chi connectivity index (χ0v) is 13.8. The van der Waals surface area contributed by atoms with E-state index < -0.39 is 9.84 Å². The molecule has 0 radical (unpaired) electrons. The van der Waals surface area contributed by atoms with E-state index in [1.54, 1.807) is 12.1 Å². The van der Waals surface area contributed by atoms with Gasteiger partial charge in [-0.3, -0.25) is 0 Å². The molecule has 1 aliphatic rings. The van der Waals surface area contributed by atoms with E-state index in [1.165, 1.54) is 12.7 Å². The highest BCUT2D eigenvalue weighted by atomic mass is 35.5. The molecule has 1 heterocycles. The van der Waals surface area contributed by atoms with Crippen LogP contribution in [-0.4, -0.2) is 24.2 Å². The molecule has 1 saturated carbocycles. The Morgan fingerprint density at radius 2 is 2.10 bits per heavy atom. The Bertz CT molecular complexity index is 786. The van der Waals surface area contributed by atoms with Crippen molar-refractivity contribution in [2.45, 2.75) is 48.9 Å². The third kappa shape index (κ3) is 2.18. The highest BCUT2D eigenvalue weighted by Crippen LogP contribution is 2.45. The number of alkyl halides is 1. The fourth-order valence-electron chi connectivity index (χ4n) is 3.36. The highest BCUT2D eigenvalue weighted by Gasteiger charge is 2.39. The van der Waals surface area contributed by atoms with Crippen molar-refractivity contribution in [3.63, 3.8) is 0 Å². The number of hydrogen-bond acceptors (Lipinski definition) is 3. The number of imidazole rings is 1. The first-order valence-electron chi connectivity index (χ1n) is 7.20. The van der Waals surface area contributed by atoms with Crippen molar-refractivity contribution in [2.75, 3.05) is 6.26 Å². The van der Waals surface area contributed by atoms with Crippen molar-refractivity contribution in [2.24, 2.45) is 0 Å². The summed E-state index contributed by atoms with van der Waals surface area (Å²) in [6.07, 6.45) is 5.62. The quantitative estimate of drug-likeness (QED) is 0.808. The predicted molar refractivity (Wildman–Crippen MR) is 84.5 cm³/mol. The van der Waals surface area contributed by atoms with Gasteiger partial charge in [0.1, 0.15) is 11.3 Å². The molecule has 6 heteroatoms. The molecule has 114 valence electrons. The molecule has 1 aromatic carbocycles. The summed E-state index contributed by atoms with van der Waals surface area (Å²) in [7, 11) is -3.30. The maximum Gasteiger partial charge on any atom is 0.177 e. The first-order valence-corrected chi connectivity index (χ1v) is 9.62. The Labute approximate surface area is 130 Å². The summed E-state index contributed by atoms with van der Waals surface area (Å²) in [4.78, 5) is 4.83. The maximum atomic E-state index is 12.0. The van der Waals surface area contributed by atoms with E-state index in [9.17, 15) is 8.42 Å². The minimum absolute atomic E-state index is 0.0507. The summed E-state index contributed by atoms with van der Waals surface area (Å²) in [6, 6.07) is 5.35. The molecule has 1 aliphatic carbocycles. The normalized spacial score (nSPS) is 17.9. The topological polar surface area (TPSA) is 52.0 Å². The Kier molecular flexibility index (Phi) is 3.53. The van der Waals surface area contributed by atoms with Gasteiger partial charge in [-0.2, -0.15) is 0 Å². The van der Waals surface area contributed by atoms with Crippen molar-refractivity contribution in [3.8, 4) is 0 Å². The van der Waals surface area contributed by atoms with E-state index in [0.29, 0.717) is 11.4 Å². The van der Waals surface area contributed by atoms with E-state index in [2.05, 4.69) is 16.5 Å². The number of sulfone groups is 1. The molecule has 3 rings (SSSR count). The number of aromatic nitrogens is 2. The van der Waals surface area contributed by atoms with Crippen LogP contribution in [0.5, 0.6) is 0 Å². The smallest absolute Gasteiger partial charge is 0.177 e. The summed E-state index contributed by atoms with van der Waals surface area (Å²) in [5.74, 6) is 1.06. The summed E-state index contributed by atoms with van der Waals surface area (Å²) in [5, 5.41) is 0. The van der Waals surface area contributed by atoms with Crippen molar-refractivity contribution >= 4 is 32.5 Å². The predicted octanol–water partition coefficient (Wildman–Crippen LogP) is 3.47. The average Bonchev–Trinajstić information content (AvgIpc) is 2.76. The monoisotopic (exact) mass is 326 g/mol. The van der Waals surface area contributed by atoms with Gasteiger partial charge in [0.25, 0.3) is 0 Å². The lowest BCUT2D eigenvalue weighted by Crippen LogP contribution is -2.40. The van der Waals surface area contributed by atoms with Gasteiger partial charge in [0.2, 0.25) is 0 Å². The van der Waals surface area contributed by atoms with Crippen LogP contribution in [-0.2, 0) is 21.3 Å². The van der Waals surface area contributed by atoms with Gasteiger partial charge in [-0.05, 0) is 37.8 Å². The molecule has 0 aliphatic heterocycles. The van der Waals surface area contributed by atoms with Crippen LogP contribution in [0, 0.1) is 0 Å². The van der Waals surface area contributed by atoms with E-state index in [-0.39, 0.29) is 10.4 Å². The second-order valence-corrected chi connectivity index (χ2v) is 8.08. The molecule has 0 bridgehead atoms. The average molecular weight is 327 g/mol. The van der Waals surface area contributed by atoms with Crippen LogP contribution in [0.4, 0.5) is 0 Å². The lowest BCUT2D eigenvalue weighted by atomic mass is 9.74. The van der Waals surface area contributed by atoms with Crippen LogP contribution in [0.15, 0.2) is 23.1 Å². The fourth-order valence-corrected chi connectivity index (χ4v) is 4.37. The van der Waals surface area contributed by atoms with Gasteiger partial charge < -0.3 is 4.57 Å². The first kappa shape index (κ1) is 14.9. The summed E-state index contributed by atoms with van der Waals surface area (Å²) >= 11 is 6.08. The number of fused-ring (bicyclic) bond motifs is 1. The van der Waals surface area contributed by atoms with Gasteiger partial charge in [-0.25, -0.2) is 13.4 Å². The molecular weight excluding hydrogens is 308 g/mol. The molecule has 0 unspecified atom stereocenters. The molecule has 0 amide bonds. The molecule has 0 saturated heterocycles. The number of nitrogens with zero attached hydrogens (tertiary/aromatic N) is 2. The van der Waals surface area contributed by atoms with Gasteiger partial charge in [-0.1, -0.05) is 13.0 Å². The van der Waals surface area contributed by atoms with Crippen molar-refractivity contribution < 1.29 is 8.42 Å². The van der Waals surface area contributed by atoms with Crippen LogP contribution in [0.25, 0.3) is 11.0 Å². The zero-order chi connectivity index (χ0) is 15.3. The fraction of sp³-hybridized carbons (Fsp3) is 0.533. The Balaban J connectivity index is 2.35. The van der Waals surface area contributed by atoms with Crippen LogP contribution in [0.2, 0.25) is 0 Å². The summed E-state index contributed by atoms with van der Waals surface area (Å²) in [5.41, 5.74) is 1.49. The third-order valence-corrected chi connectivity index (χ3v) is 6.02. The lowest BCUT2D eigenvalue weighted by molar-refractivity contribution is 0.138. The molecule has 1 aromatic heterocycles. The number of hydrogen-bond donors (Lipinski definition) is 0. The molecule has 2 aromatic rings. The van der Waals surface area contributed by atoms with Gasteiger partial charge in [0.15, 0.2) is 9.84 Å². The van der Waals surface area contributed by atoms with Crippen LogP contribution < -0.4 is 0 Å². The van der Waals surface area contributed by atoms with E-state index in [0.717, 1.165) is 30.6 Å². The van der Waals surface area contributed by atoms with Gasteiger partial charge >= 0.3 is 0 Å². The molecule has 4 nitrogen and oxygen atoms in total. The Morgan fingerprint density at radius 1 is 1.38 bits per heavy atom. The molecule has 21 heavy (non-hydrogen) atoms. The molecular formula is C15H19ClN2O2S. The second-order valence-electron chi connectivity index (χ2n) is 5.82. The zero-order valence-electron chi connectivity index (χ0n) is 12.3. The molecule has 0 N–H and O–H groups in total. The van der Waals surface area contributed by atoms with Gasteiger partial charge in [0, 0.05) is 11.8 Å². The highest BCUT2D eigenvalue weighted by molar-refractivity contribution is 7.91. The van der Waals surface area contributed by atoms with E-state index in [4.69, 9.17) is 11.6 Å². The van der Waals surface area contributed by atoms with Crippen LogP contribution >= 0.6 is 11.6 Å². The minimum atomic E-state index is -3.30. The maximum absolute atomic E-state index is 12.0. The number of halogens is 1. The van der Waals surface area contributed by atoms with Crippen molar-refractivity contribution in [1.29, 1.82) is 0 Å². The third-order valence-electron chi connectivity index (χ3n) is 4.65. The van der Waals surface area contributed by atoms with E-state index >= 15 is 0 Å². The van der Waals surface area contributed by atoms with Gasteiger partial charge in [0.05, 0.1) is 16.3 Å². The largest absolute Gasteiger partial charge is 0.321 e. The second kappa shape index (κ2) is 4.99. The first-order chi connectivity index (χ1) is 9.93. The number of benzene rings is 1. The van der Waals surface area contributed by atoms with Crippen molar-refractivity contribution in [1.82, 2.24) is 9.55 Å². The Morgan fingerprint density at radius 3 is 2.57 bits per heavy atom. The summed E-state index contributed by atoms with van der Waals surface area (Å²) in [6.45, 7) is 2.17. The van der Waals surface area contributed by atoms with Gasteiger partial charge in [-0.15, -0.1) is 11.6 Å². The molecule has 1 fully saturated rings. The minimum Gasteiger partial charge on any atom is -0.321 e. The number of rotatable bonds is 4. The standard InChI is InChI=1S/C15H19ClN2O2S/c1-3-15(8-5-9-15)18-11-6-4-7-12(21(2,19)20)14(11)17-13(18)10-16/h4,6-7H,3,5,8-10H2,1-2H3. The Hall–Kier alpha value is -1.07. The molecule has 0 spiro atoms. The summed E-state index contributed by atoms with van der Waals surface area (Å²) < 4.78 is 26.1. The van der Waals surface area contributed by atoms with Crippen LogP contribution in [0.1, 0.15) is 38.4 Å². The number of para-hydroxylation sites is 1. The SMILES string of the molecule is CCC1(n2c(CCl)nc3c(S(C)(=O)=O)cccc32)CCC1.